The van der Waals surface area contributed by atoms with Crippen LogP contribution in [0.2, 0.25) is 0 Å². The Labute approximate surface area is 130 Å². The number of pyridine rings is 1. The Bertz CT molecular complexity index is 351. The topological polar surface area (TPSA) is 34.1 Å². The maximum atomic E-state index is 5.09. The highest BCUT2D eigenvalue weighted by Crippen LogP contribution is 2.13. The lowest BCUT2D eigenvalue weighted by Crippen LogP contribution is -2.27. The van der Waals surface area contributed by atoms with Crippen LogP contribution in [0.15, 0.2) is 18.3 Å². The van der Waals surface area contributed by atoms with Gasteiger partial charge in [0, 0.05) is 18.3 Å². The van der Waals surface area contributed by atoms with Gasteiger partial charge < -0.3 is 10.1 Å². The summed E-state index contributed by atoms with van der Waals surface area (Å²) in [6.07, 6.45) is 13.8. The Morgan fingerprint density at radius 2 is 1.81 bits per heavy atom. The molecule has 1 N–H and O–H groups in total. The van der Waals surface area contributed by atoms with Crippen molar-refractivity contribution in [3.63, 3.8) is 0 Å². The van der Waals surface area contributed by atoms with Gasteiger partial charge in [-0.15, -0.1) is 0 Å². The van der Waals surface area contributed by atoms with Crippen molar-refractivity contribution in [2.75, 3.05) is 14.2 Å². The molecule has 1 rings (SSSR count). The Hall–Kier alpha value is -1.09. The molecule has 0 aliphatic heterocycles. The third kappa shape index (κ3) is 8.05. The first-order valence-corrected chi connectivity index (χ1v) is 8.46. The highest BCUT2D eigenvalue weighted by molar-refractivity contribution is 5.18. The van der Waals surface area contributed by atoms with E-state index in [4.69, 9.17) is 4.74 Å². The van der Waals surface area contributed by atoms with E-state index in [0.717, 1.165) is 6.42 Å². The molecule has 0 saturated carbocycles. The van der Waals surface area contributed by atoms with Crippen LogP contribution in [0.1, 0.15) is 63.9 Å². The Morgan fingerprint density at radius 1 is 1.10 bits per heavy atom. The molecule has 0 fully saturated rings. The third-order valence-electron chi connectivity index (χ3n) is 4.05. The van der Waals surface area contributed by atoms with Gasteiger partial charge in [0.25, 0.3) is 0 Å². The molecular weight excluding hydrogens is 260 g/mol. The number of hydrogen-bond donors (Lipinski definition) is 1. The summed E-state index contributed by atoms with van der Waals surface area (Å²) in [5, 5.41) is 3.43. The predicted molar refractivity (Wildman–Crippen MR) is 90.0 cm³/mol. The second-order valence-corrected chi connectivity index (χ2v) is 5.81. The van der Waals surface area contributed by atoms with Crippen molar-refractivity contribution in [3.8, 4) is 5.88 Å². The Kier molecular flexibility index (Phi) is 9.88. The van der Waals surface area contributed by atoms with E-state index in [2.05, 4.69) is 30.3 Å². The first-order chi connectivity index (χ1) is 10.3. The molecule has 0 aliphatic rings. The number of methoxy groups -OCH3 is 1. The smallest absolute Gasteiger partial charge is 0.212 e. The molecule has 0 spiro atoms. The fourth-order valence-electron chi connectivity index (χ4n) is 2.63. The molecule has 1 aromatic rings. The van der Waals surface area contributed by atoms with E-state index < -0.39 is 0 Å². The van der Waals surface area contributed by atoms with Crippen LogP contribution in [0.3, 0.4) is 0 Å². The number of likely N-dealkylation sites (N-methyl/N-ethyl adjacent to an activating group) is 1. The van der Waals surface area contributed by atoms with Crippen LogP contribution < -0.4 is 10.1 Å². The third-order valence-corrected chi connectivity index (χ3v) is 4.05. The quantitative estimate of drug-likeness (QED) is 0.581. The van der Waals surface area contributed by atoms with Crippen LogP contribution in [0.5, 0.6) is 5.88 Å². The Morgan fingerprint density at radius 3 is 2.38 bits per heavy atom. The van der Waals surface area contributed by atoms with Gasteiger partial charge in [-0.3, -0.25) is 0 Å². The molecule has 3 nitrogen and oxygen atoms in total. The highest BCUT2D eigenvalue weighted by Gasteiger charge is 2.07. The van der Waals surface area contributed by atoms with Crippen LogP contribution in [-0.4, -0.2) is 25.2 Å². The molecule has 0 aliphatic carbocycles. The van der Waals surface area contributed by atoms with Crippen molar-refractivity contribution in [1.82, 2.24) is 10.3 Å². The number of rotatable bonds is 12. The van der Waals surface area contributed by atoms with Gasteiger partial charge in [-0.1, -0.05) is 57.9 Å². The molecule has 0 aromatic carbocycles. The van der Waals surface area contributed by atoms with E-state index >= 15 is 0 Å². The Balaban J connectivity index is 2.18. The van der Waals surface area contributed by atoms with Gasteiger partial charge in [-0.2, -0.15) is 0 Å². The summed E-state index contributed by atoms with van der Waals surface area (Å²) in [6, 6.07) is 4.60. The molecule has 1 heterocycles. The standard InChI is InChI=1S/C18H32N2O/c1-4-5-6-7-8-9-10-11-17(19-2)14-16-12-13-18(21-3)20-15-16/h12-13,15,17,19H,4-11,14H2,1-3H3. The van der Waals surface area contributed by atoms with E-state index in [1.165, 1.54) is 56.9 Å². The van der Waals surface area contributed by atoms with Crippen molar-refractivity contribution in [2.45, 2.75) is 70.8 Å². The zero-order chi connectivity index (χ0) is 15.3. The van der Waals surface area contributed by atoms with Crippen molar-refractivity contribution in [3.05, 3.63) is 23.9 Å². The van der Waals surface area contributed by atoms with E-state index in [1.807, 2.05) is 12.3 Å². The number of aromatic nitrogens is 1. The lowest BCUT2D eigenvalue weighted by atomic mass is 10.0. The number of ether oxygens (including phenoxy) is 1. The SMILES string of the molecule is CCCCCCCCCC(Cc1ccc(OC)nc1)NC. The summed E-state index contributed by atoms with van der Waals surface area (Å²) < 4.78 is 5.09. The number of nitrogens with one attached hydrogen (secondary N) is 1. The predicted octanol–water partition coefficient (Wildman–Crippen LogP) is 4.36. The summed E-state index contributed by atoms with van der Waals surface area (Å²) in [5.74, 6) is 0.687. The molecule has 1 atom stereocenters. The molecule has 3 heteroatoms. The van der Waals surface area contributed by atoms with E-state index in [-0.39, 0.29) is 0 Å². The minimum absolute atomic E-state index is 0.552. The fraction of sp³-hybridized carbons (Fsp3) is 0.722. The molecule has 0 amide bonds. The van der Waals surface area contributed by atoms with Crippen LogP contribution in [0.4, 0.5) is 0 Å². The van der Waals surface area contributed by atoms with E-state index in [9.17, 15) is 0 Å². The first-order valence-electron chi connectivity index (χ1n) is 8.46. The van der Waals surface area contributed by atoms with Crippen LogP contribution in [0.25, 0.3) is 0 Å². The average Bonchev–Trinajstić information content (AvgIpc) is 2.53. The maximum absolute atomic E-state index is 5.09. The van der Waals surface area contributed by atoms with Crippen LogP contribution >= 0.6 is 0 Å². The monoisotopic (exact) mass is 292 g/mol. The molecule has 1 aromatic heterocycles. The minimum Gasteiger partial charge on any atom is -0.481 e. The number of unbranched alkanes of at least 4 members (excludes halogenated alkanes) is 6. The van der Waals surface area contributed by atoms with Gasteiger partial charge in [0.1, 0.15) is 0 Å². The fourth-order valence-corrected chi connectivity index (χ4v) is 2.63. The minimum atomic E-state index is 0.552. The van der Waals surface area contributed by atoms with Gasteiger partial charge in [-0.05, 0) is 25.5 Å². The van der Waals surface area contributed by atoms with Crippen LogP contribution in [-0.2, 0) is 6.42 Å². The maximum Gasteiger partial charge on any atom is 0.212 e. The molecular formula is C18H32N2O. The molecule has 120 valence electrons. The lowest BCUT2D eigenvalue weighted by Gasteiger charge is -2.16. The van der Waals surface area contributed by atoms with Crippen molar-refractivity contribution < 1.29 is 4.74 Å². The number of nitrogens with zero attached hydrogens (tertiary/aromatic N) is 1. The van der Waals surface area contributed by atoms with Crippen molar-refractivity contribution in [2.24, 2.45) is 0 Å². The average molecular weight is 292 g/mol. The lowest BCUT2D eigenvalue weighted by molar-refractivity contribution is 0.397. The molecule has 0 bridgehead atoms. The first kappa shape index (κ1) is 18.0. The summed E-state index contributed by atoms with van der Waals surface area (Å²) in [6.45, 7) is 2.27. The van der Waals surface area contributed by atoms with Gasteiger partial charge in [-0.25, -0.2) is 4.98 Å². The van der Waals surface area contributed by atoms with Crippen molar-refractivity contribution >= 4 is 0 Å². The molecule has 0 saturated heterocycles. The van der Waals surface area contributed by atoms with Gasteiger partial charge in [0.2, 0.25) is 5.88 Å². The van der Waals surface area contributed by atoms with Gasteiger partial charge in [0.05, 0.1) is 7.11 Å². The summed E-state index contributed by atoms with van der Waals surface area (Å²) in [7, 11) is 3.71. The number of hydrogen-bond acceptors (Lipinski definition) is 3. The van der Waals surface area contributed by atoms with Crippen LogP contribution in [0, 0.1) is 0 Å². The highest BCUT2D eigenvalue weighted by atomic mass is 16.5. The zero-order valence-electron chi connectivity index (χ0n) is 14.0. The molecule has 21 heavy (non-hydrogen) atoms. The van der Waals surface area contributed by atoms with E-state index in [0.29, 0.717) is 11.9 Å². The largest absolute Gasteiger partial charge is 0.481 e. The normalized spacial score (nSPS) is 12.3. The molecule has 0 radical (unpaired) electrons. The second-order valence-electron chi connectivity index (χ2n) is 5.81. The molecule has 1 unspecified atom stereocenters. The van der Waals surface area contributed by atoms with E-state index in [1.54, 1.807) is 7.11 Å². The summed E-state index contributed by atoms with van der Waals surface area (Å²) in [5.41, 5.74) is 1.28. The summed E-state index contributed by atoms with van der Waals surface area (Å²) >= 11 is 0. The van der Waals surface area contributed by atoms with Gasteiger partial charge >= 0.3 is 0 Å². The van der Waals surface area contributed by atoms with Gasteiger partial charge in [0.15, 0.2) is 0 Å². The summed E-state index contributed by atoms with van der Waals surface area (Å²) in [4.78, 5) is 4.27. The van der Waals surface area contributed by atoms with Crippen molar-refractivity contribution in [1.29, 1.82) is 0 Å². The zero-order valence-corrected chi connectivity index (χ0v) is 14.0. The second kappa shape index (κ2) is 11.6.